The molecule has 2 aliphatic heterocycles. The summed E-state index contributed by atoms with van der Waals surface area (Å²) >= 11 is 6.02. The molecule has 0 bridgehead atoms. The van der Waals surface area contributed by atoms with Crippen molar-refractivity contribution in [2.45, 2.75) is 0 Å². The van der Waals surface area contributed by atoms with E-state index in [4.69, 9.17) is 16.9 Å². The third-order valence-electron chi connectivity index (χ3n) is 6.13. The Bertz CT molecular complexity index is 1280. The predicted molar refractivity (Wildman–Crippen MR) is 119 cm³/mol. The summed E-state index contributed by atoms with van der Waals surface area (Å²) in [6.45, 7) is 2.51. The van der Waals surface area contributed by atoms with E-state index in [1.165, 1.54) is 6.08 Å². The van der Waals surface area contributed by atoms with Crippen molar-refractivity contribution in [2.75, 3.05) is 26.2 Å². The highest BCUT2D eigenvalue weighted by molar-refractivity contribution is 6.30. The lowest BCUT2D eigenvalue weighted by Gasteiger charge is -2.21. The largest absolute Gasteiger partial charge is 0.338 e. The molecular formula is C23H19ClN6O2. The van der Waals surface area contributed by atoms with Gasteiger partial charge in [0.15, 0.2) is 0 Å². The normalized spacial score (nSPS) is 20.1. The van der Waals surface area contributed by atoms with Crippen molar-refractivity contribution in [1.82, 2.24) is 25.2 Å². The van der Waals surface area contributed by atoms with Gasteiger partial charge in [-0.1, -0.05) is 16.8 Å². The van der Waals surface area contributed by atoms with E-state index in [9.17, 15) is 9.59 Å². The van der Waals surface area contributed by atoms with Crippen LogP contribution in [0.3, 0.4) is 0 Å². The first-order valence-electron chi connectivity index (χ1n) is 10.3. The zero-order valence-electron chi connectivity index (χ0n) is 17.0. The van der Waals surface area contributed by atoms with Crippen LogP contribution in [0.2, 0.25) is 5.02 Å². The smallest absolute Gasteiger partial charge is 0.253 e. The lowest BCUT2D eigenvalue weighted by atomic mass is 10.0. The molecule has 0 radical (unpaired) electrons. The van der Waals surface area contributed by atoms with E-state index in [0.717, 1.165) is 5.52 Å². The van der Waals surface area contributed by atoms with E-state index in [-0.39, 0.29) is 23.7 Å². The summed E-state index contributed by atoms with van der Waals surface area (Å²) in [7, 11) is 0. The van der Waals surface area contributed by atoms with Crippen LogP contribution in [0.15, 0.2) is 42.5 Å². The fourth-order valence-corrected chi connectivity index (χ4v) is 4.79. The van der Waals surface area contributed by atoms with Gasteiger partial charge in [0.05, 0.1) is 17.1 Å². The number of fused-ring (bicyclic) bond motifs is 2. The number of H-pyrrole nitrogens is 1. The minimum Gasteiger partial charge on any atom is -0.338 e. The maximum atomic E-state index is 12.9. The van der Waals surface area contributed by atoms with Gasteiger partial charge < -0.3 is 9.80 Å². The van der Waals surface area contributed by atoms with E-state index in [2.05, 4.69) is 21.5 Å². The molecule has 0 aliphatic carbocycles. The van der Waals surface area contributed by atoms with Crippen LogP contribution in [0.1, 0.15) is 21.5 Å². The number of carbonyl (C=O) groups excluding carboxylic acids is 2. The minimum atomic E-state index is -0.0766. The molecule has 2 aliphatic rings. The Kier molecular flexibility index (Phi) is 5.11. The monoisotopic (exact) mass is 446 g/mol. The number of aromatic nitrogens is 3. The highest BCUT2D eigenvalue weighted by Gasteiger charge is 2.42. The number of benzene rings is 2. The third-order valence-corrected chi connectivity index (χ3v) is 6.34. The summed E-state index contributed by atoms with van der Waals surface area (Å²) < 4.78 is 0. The molecule has 9 heteroatoms. The number of nitrogens with zero attached hydrogens (tertiary/aromatic N) is 5. The van der Waals surface area contributed by atoms with Gasteiger partial charge in [-0.25, -0.2) is 0 Å². The molecule has 32 heavy (non-hydrogen) atoms. The second-order valence-corrected chi connectivity index (χ2v) is 8.67. The van der Waals surface area contributed by atoms with Crippen LogP contribution < -0.4 is 0 Å². The Balaban J connectivity index is 1.21. The average Bonchev–Trinajstić information content (AvgIpc) is 3.50. The number of hydrogen-bond acceptors (Lipinski definition) is 5. The molecule has 160 valence electrons. The van der Waals surface area contributed by atoms with Gasteiger partial charge in [-0.05, 0) is 48.0 Å². The third kappa shape index (κ3) is 3.83. The lowest BCUT2D eigenvalue weighted by molar-refractivity contribution is -0.125. The van der Waals surface area contributed by atoms with Gasteiger partial charge in [0.25, 0.3) is 5.91 Å². The molecule has 0 unspecified atom stereocenters. The van der Waals surface area contributed by atoms with E-state index in [0.29, 0.717) is 53.4 Å². The Morgan fingerprint density at radius 3 is 2.59 bits per heavy atom. The molecule has 1 N–H and O–H groups in total. The van der Waals surface area contributed by atoms with E-state index >= 15 is 0 Å². The maximum Gasteiger partial charge on any atom is 0.253 e. The van der Waals surface area contributed by atoms with Gasteiger partial charge in [0.1, 0.15) is 5.52 Å². The molecule has 5 rings (SSSR count). The molecule has 3 aromatic rings. The van der Waals surface area contributed by atoms with E-state index < -0.39 is 0 Å². The van der Waals surface area contributed by atoms with Crippen LogP contribution in [0.5, 0.6) is 0 Å². The molecule has 2 fully saturated rings. The summed E-state index contributed by atoms with van der Waals surface area (Å²) in [6, 6.07) is 12.4. The van der Waals surface area contributed by atoms with Crippen LogP contribution in [-0.2, 0) is 4.79 Å². The van der Waals surface area contributed by atoms with Crippen molar-refractivity contribution >= 4 is 40.5 Å². The predicted octanol–water partition coefficient (Wildman–Crippen LogP) is 2.73. The second-order valence-electron chi connectivity index (χ2n) is 8.24. The molecule has 0 saturated carbocycles. The number of carbonyl (C=O) groups is 2. The highest BCUT2D eigenvalue weighted by Crippen LogP contribution is 2.32. The standard InChI is InChI=1S/C23H19ClN6O2/c24-19-6-14(5-15(7-19)9-25)1-4-22(31)29-10-17-12-30(13-18(17)11-29)23(32)16-2-3-20-21(8-16)27-28-26-20/h1-8,17-18H,10-13H2,(H,26,27,28)/t17-,18-/m1/s1. The fourth-order valence-electron chi connectivity index (χ4n) is 4.54. The number of aromatic amines is 1. The first kappa shape index (κ1) is 20.2. The Labute approximate surface area is 189 Å². The van der Waals surface area contributed by atoms with Crippen molar-refractivity contribution in [2.24, 2.45) is 11.8 Å². The first-order valence-corrected chi connectivity index (χ1v) is 10.7. The second kappa shape index (κ2) is 8.09. The molecule has 2 atom stereocenters. The van der Waals surface area contributed by atoms with Gasteiger partial charge in [0.2, 0.25) is 5.91 Å². The fraction of sp³-hybridized carbons (Fsp3) is 0.261. The molecule has 3 heterocycles. The molecule has 2 amide bonds. The molecule has 8 nitrogen and oxygen atoms in total. The summed E-state index contributed by atoms with van der Waals surface area (Å²) in [5.41, 5.74) is 3.22. The van der Waals surface area contributed by atoms with Crippen molar-refractivity contribution in [3.63, 3.8) is 0 Å². The van der Waals surface area contributed by atoms with Crippen LogP contribution in [0.4, 0.5) is 0 Å². The van der Waals surface area contributed by atoms with Gasteiger partial charge >= 0.3 is 0 Å². The van der Waals surface area contributed by atoms with Crippen LogP contribution in [0.25, 0.3) is 17.1 Å². The number of nitriles is 1. The van der Waals surface area contributed by atoms with Crippen molar-refractivity contribution in [3.05, 3.63) is 64.2 Å². The minimum absolute atomic E-state index is 0.0173. The molecular weight excluding hydrogens is 428 g/mol. The molecule has 0 spiro atoms. The van der Waals surface area contributed by atoms with Gasteiger partial charge in [0, 0.05) is 54.7 Å². The zero-order chi connectivity index (χ0) is 22.2. The lowest BCUT2D eigenvalue weighted by Crippen LogP contribution is -2.35. The van der Waals surface area contributed by atoms with Crippen molar-refractivity contribution in [3.8, 4) is 6.07 Å². The van der Waals surface area contributed by atoms with Crippen molar-refractivity contribution in [1.29, 1.82) is 5.26 Å². The van der Waals surface area contributed by atoms with Crippen molar-refractivity contribution < 1.29 is 9.59 Å². The summed E-state index contributed by atoms with van der Waals surface area (Å²) in [5, 5.41) is 20.0. The van der Waals surface area contributed by atoms with E-state index in [1.807, 2.05) is 15.9 Å². The van der Waals surface area contributed by atoms with Gasteiger partial charge in [-0.3, -0.25) is 14.7 Å². The zero-order valence-corrected chi connectivity index (χ0v) is 17.8. The number of hydrogen-bond donors (Lipinski definition) is 1. The van der Waals surface area contributed by atoms with Gasteiger partial charge in [-0.2, -0.15) is 5.26 Å². The van der Waals surface area contributed by atoms with Crippen LogP contribution >= 0.6 is 11.6 Å². The number of likely N-dealkylation sites (tertiary alicyclic amines) is 2. The quantitative estimate of drug-likeness (QED) is 0.622. The Hall–Kier alpha value is -3.70. The number of amides is 2. The number of halogens is 1. The number of nitrogens with one attached hydrogen (secondary N) is 1. The molecule has 2 saturated heterocycles. The Morgan fingerprint density at radius 1 is 1.09 bits per heavy atom. The van der Waals surface area contributed by atoms with E-state index in [1.54, 1.807) is 36.4 Å². The molecule has 1 aromatic heterocycles. The summed E-state index contributed by atoms with van der Waals surface area (Å²) in [4.78, 5) is 29.3. The molecule has 2 aromatic carbocycles. The SMILES string of the molecule is N#Cc1cc(Cl)cc(C=CC(=O)N2C[C@@H]3CN(C(=O)c4ccc5[nH]nnc5c4)C[C@H]3C2)c1. The highest BCUT2D eigenvalue weighted by atomic mass is 35.5. The average molecular weight is 447 g/mol. The Morgan fingerprint density at radius 2 is 1.84 bits per heavy atom. The van der Waals surface area contributed by atoms with Gasteiger partial charge in [-0.15, -0.1) is 5.10 Å². The summed E-state index contributed by atoms with van der Waals surface area (Å²) in [5.74, 6) is 0.440. The maximum absolute atomic E-state index is 12.9. The number of rotatable bonds is 3. The van der Waals surface area contributed by atoms with Crippen LogP contribution in [-0.4, -0.2) is 63.2 Å². The first-order chi connectivity index (χ1) is 15.5. The summed E-state index contributed by atoms with van der Waals surface area (Å²) in [6.07, 6.45) is 3.20. The van der Waals surface area contributed by atoms with Crippen LogP contribution in [0, 0.1) is 23.2 Å². The topological polar surface area (TPSA) is 106 Å².